The van der Waals surface area contributed by atoms with Crippen LogP contribution in [0.1, 0.15) is 6.42 Å². The quantitative estimate of drug-likeness (QED) is 0.692. The van der Waals surface area contributed by atoms with Crippen molar-refractivity contribution in [2.24, 2.45) is 0 Å². The van der Waals surface area contributed by atoms with Gasteiger partial charge in [0.2, 0.25) is 0 Å². The summed E-state index contributed by atoms with van der Waals surface area (Å²) in [5, 5.41) is 4.25. The predicted octanol–water partition coefficient (Wildman–Crippen LogP) is 0.396. The molecule has 1 unspecified atom stereocenters. The van der Waals surface area contributed by atoms with Crippen molar-refractivity contribution in [3.63, 3.8) is 0 Å². The lowest BCUT2D eigenvalue weighted by Gasteiger charge is -2.32. The normalized spacial score (nSPS) is 18.8. The number of aromatic nitrogens is 6. The highest BCUT2D eigenvalue weighted by Crippen LogP contribution is 2.15. The lowest BCUT2D eigenvalue weighted by molar-refractivity contribution is -0.0379. The molecule has 25 heavy (non-hydrogen) atoms. The van der Waals surface area contributed by atoms with Gasteiger partial charge in [0.05, 0.1) is 25.6 Å². The average molecular weight is 342 g/mol. The molecule has 9 nitrogen and oxygen atoms in total. The van der Waals surface area contributed by atoms with Gasteiger partial charge >= 0.3 is 0 Å². The van der Waals surface area contributed by atoms with Crippen LogP contribution in [-0.2, 0) is 17.8 Å². The summed E-state index contributed by atoms with van der Waals surface area (Å²) in [4.78, 5) is 15.0. The number of nitrogen functional groups attached to an aromatic ring is 1. The summed E-state index contributed by atoms with van der Waals surface area (Å²) < 4.78 is 9.82. The Morgan fingerprint density at radius 3 is 3.08 bits per heavy atom. The number of imidazole rings is 1. The van der Waals surface area contributed by atoms with Crippen LogP contribution in [0.2, 0.25) is 0 Å². The van der Waals surface area contributed by atoms with Gasteiger partial charge in [0, 0.05) is 38.6 Å². The highest BCUT2D eigenvalue weighted by molar-refractivity contribution is 5.80. The number of hydrogen-bond donors (Lipinski definition) is 1. The number of rotatable bonds is 6. The van der Waals surface area contributed by atoms with Crippen LogP contribution in [0.3, 0.4) is 0 Å². The van der Waals surface area contributed by atoms with Crippen LogP contribution in [-0.4, -0.2) is 66.5 Å². The first-order valence-corrected chi connectivity index (χ1v) is 8.52. The third-order valence-electron chi connectivity index (χ3n) is 4.48. The molecule has 0 radical (unpaired) electrons. The number of nitrogens with two attached hydrogens (primary N) is 1. The monoisotopic (exact) mass is 342 g/mol. The number of morpholine rings is 1. The molecule has 2 N–H and O–H groups in total. The molecule has 1 saturated heterocycles. The molecule has 1 aliphatic heterocycles. The van der Waals surface area contributed by atoms with Gasteiger partial charge in [0.25, 0.3) is 0 Å². The fourth-order valence-electron chi connectivity index (χ4n) is 3.24. The van der Waals surface area contributed by atoms with Gasteiger partial charge in [-0.1, -0.05) is 0 Å². The largest absolute Gasteiger partial charge is 0.382 e. The Hall–Kier alpha value is -2.52. The third kappa shape index (κ3) is 3.62. The smallest absolute Gasteiger partial charge is 0.165 e. The Morgan fingerprint density at radius 1 is 1.24 bits per heavy atom. The van der Waals surface area contributed by atoms with Crippen molar-refractivity contribution in [3.05, 3.63) is 31.1 Å². The van der Waals surface area contributed by atoms with E-state index in [1.807, 2.05) is 21.5 Å². The topological polar surface area (TPSA) is 99.9 Å². The van der Waals surface area contributed by atoms with Gasteiger partial charge < -0.3 is 15.0 Å². The highest BCUT2D eigenvalue weighted by Gasteiger charge is 2.20. The Morgan fingerprint density at radius 2 is 2.20 bits per heavy atom. The second kappa shape index (κ2) is 7.16. The number of anilines is 1. The summed E-state index contributed by atoms with van der Waals surface area (Å²) in [6.07, 6.45) is 8.25. The number of nitrogens with zero attached hydrogens (tertiary/aromatic N) is 7. The molecule has 0 aliphatic carbocycles. The Kier molecular flexibility index (Phi) is 4.57. The fourth-order valence-corrected chi connectivity index (χ4v) is 3.24. The van der Waals surface area contributed by atoms with Crippen LogP contribution in [0, 0.1) is 0 Å². The highest BCUT2D eigenvalue weighted by atomic mass is 16.5. The van der Waals surface area contributed by atoms with Crippen molar-refractivity contribution in [2.45, 2.75) is 25.6 Å². The molecular weight excluding hydrogens is 320 g/mol. The lowest BCUT2D eigenvalue weighted by atomic mass is 10.2. The molecule has 132 valence electrons. The molecule has 1 atom stereocenters. The van der Waals surface area contributed by atoms with E-state index in [2.05, 4.69) is 25.0 Å². The zero-order valence-corrected chi connectivity index (χ0v) is 14.0. The molecule has 0 spiro atoms. The van der Waals surface area contributed by atoms with Crippen LogP contribution in [0.15, 0.2) is 31.1 Å². The second-order valence-electron chi connectivity index (χ2n) is 6.24. The molecule has 3 aromatic rings. The molecule has 0 amide bonds. The van der Waals surface area contributed by atoms with E-state index in [4.69, 9.17) is 10.5 Å². The van der Waals surface area contributed by atoms with Gasteiger partial charge in [-0.2, -0.15) is 5.10 Å². The molecule has 0 aromatic carbocycles. The molecule has 4 heterocycles. The molecule has 3 aromatic heterocycles. The SMILES string of the molecule is Nc1ncnc2c1ncn2CCCN1CCOC(Cn2cccn2)C1. The maximum Gasteiger partial charge on any atom is 0.165 e. The molecule has 0 bridgehead atoms. The van der Waals surface area contributed by atoms with Gasteiger partial charge in [-0.15, -0.1) is 0 Å². The van der Waals surface area contributed by atoms with Crippen molar-refractivity contribution in [1.82, 2.24) is 34.2 Å². The first kappa shape index (κ1) is 16.0. The van der Waals surface area contributed by atoms with E-state index in [1.165, 1.54) is 6.33 Å². The van der Waals surface area contributed by atoms with Crippen LogP contribution in [0.25, 0.3) is 11.2 Å². The fraction of sp³-hybridized carbons (Fsp3) is 0.500. The van der Waals surface area contributed by atoms with Crippen molar-refractivity contribution >= 4 is 17.0 Å². The van der Waals surface area contributed by atoms with Crippen molar-refractivity contribution in [2.75, 3.05) is 32.0 Å². The van der Waals surface area contributed by atoms with Crippen LogP contribution >= 0.6 is 0 Å². The number of aryl methyl sites for hydroxylation is 1. The molecular formula is C16H22N8O. The summed E-state index contributed by atoms with van der Waals surface area (Å²) in [7, 11) is 0. The molecule has 1 aliphatic rings. The summed E-state index contributed by atoms with van der Waals surface area (Å²) >= 11 is 0. The zero-order valence-electron chi connectivity index (χ0n) is 14.0. The van der Waals surface area contributed by atoms with Gasteiger partial charge in [-0.25, -0.2) is 15.0 Å². The van der Waals surface area contributed by atoms with Gasteiger partial charge in [0.1, 0.15) is 11.8 Å². The summed E-state index contributed by atoms with van der Waals surface area (Å²) in [5.74, 6) is 0.429. The first-order valence-electron chi connectivity index (χ1n) is 8.52. The van der Waals surface area contributed by atoms with E-state index in [0.29, 0.717) is 11.3 Å². The summed E-state index contributed by atoms with van der Waals surface area (Å²) in [6, 6.07) is 1.94. The standard InChI is InChI=1S/C16H22N8O/c17-15-14-16(19-11-18-15)23(12-20-14)5-2-4-22-7-8-25-13(9-22)10-24-6-1-3-21-24/h1,3,6,11-13H,2,4-5,7-10H2,(H2,17,18,19). The predicted molar refractivity (Wildman–Crippen MR) is 92.8 cm³/mol. The van der Waals surface area contributed by atoms with E-state index in [9.17, 15) is 0 Å². The molecule has 1 fully saturated rings. The van der Waals surface area contributed by atoms with Gasteiger partial charge in [0.15, 0.2) is 11.5 Å². The van der Waals surface area contributed by atoms with Crippen LogP contribution < -0.4 is 5.73 Å². The van der Waals surface area contributed by atoms with Crippen LogP contribution in [0.5, 0.6) is 0 Å². The molecule has 9 heteroatoms. The van der Waals surface area contributed by atoms with Crippen molar-refractivity contribution in [3.8, 4) is 0 Å². The lowest BCUT2D eigenvalue weighted by Crippen LogP contribution is -2.44. The Balaban J connectivity index is 1.29. The van der Waals surface area contributed by atoms with E-state index in [0.717, 1.165) is 51.4 Å². The third-order valence-corrected chi connectivity index (χ3v) is 4.48. The number of ether oxygens (including phenoxy) is 1. The van der Waals surface area contributed by atoms with Crippen LogP contribution in [0.4, 0.5) is 5.82 Å². The maximum atomic E-state index is 5.86. The minimum Gasteiger partial charge on any atom is -0.382 e. The Bertz CT molecular complexity index is 815. The van der Waals surface area contributed by atoms with Crippen molar-refractivity contribution in [1.29, 1.82) is 0 Å². The van der Waals surface area contributed by atoms with E-state index >= 15 is 0 Å². The average Bonchev–Trinajstić information content (AvgIpc) is 3.26. The molecule has 4 rings (SSSR count). The van der Waals surface area contributed by atoms with Gasteiger partial charge in [-0.3, -0.25) is 9.58 Å². The summed E-state index contributed by atoms with van der Waals surface area (Å²) in [6.45, 7) is 5.33. The van der Waals surface area contributed by atoms with E-state index < -0.39 is 0 Å². The van der Waals surface area contributed by atoms with Gasteiger partial charge in [-0.05, 0) is 12.5 Å². The summed E-state index contributed by atoms with van der Waals surface area (Å²) in [5.41, 5.74) is 7.30. The minimum atomic E-state index is 0.190. The number of hydrogen-bond acceptors (Lipinski definition) is 7. The maximum absolute atomic E-state index is 5.86. The van der Waals surface area contributed by atoms with E-state index in [1.54, 1.807) is 12.5 Å². The first-order chi connectivity index (χ1) is 12.3. The Labute approximate surface area is 145 Å². The number of fused-ring (bicyclic) bond motifs is 1. The van der Waals surface area contributed by atoms with E-state index in [-0.39, 0.29) is 6.10 Å². The second-order valence-corrected chi connectivity index (χ2v) is 6.24. The molecule has 0 saturated carbocycles. The zero-order chi connectivity index (χ0) is 17.1. The minimum absolute atomic E-state index is 0.190. The van der Waals surface area contributed by atoms with Crippen molar-refractivity contribution < 1.29 is 4.74 Å².